The van der Waals surface area contributed by atoms with E-state index in [1.165, 1.54) is 12.1 Å². The van der Waals surface area contributed by atoms with Gasteiger partial charge in [-0.05, 0) is 60.2 Å². The molecular weight excluding hydrogens is 420 g/mol. The molecule has 3 rings (SSSR count). The van der Waals surface area contributed by atoms with Crippen molar-refractivity contribution in [2.24, 2.45) is 5.92 Å². The molecule has 30 heavy (non-hydrogen) atoms. The molecule has 1 N–H and O–H groups in total. The zero-order chi connectivity index (χ0) is 21.6. The van der Waals surface area contributed by atoms with E-state index in [4.69, 9.17) is 11.6 Å². The Bertz CT molecular complexity index is 1080. The molecule has 0 aliphatic rings. The Morgan fingerprint density at radius 2 is 1.43 bits per heavy atom. The quantitative estimate of drug-likeness (QED) is 0.474. The lowest BCUT2D eigenvalue weighted by Gasteiger charge is -2.13. The van der Waals surface area contributed by atoms with Crippen LogP contribution in [0.25, 0.3) is 11.1 Å². The number of aliphatic carboxylic acids is 1. The molecule has 0 aromatic heterocycles. The summed E-state index contributed by atoms with van der Waals surface area (Å²) in [7, 11) is -3.71. The van der Waals surface area contributed by atoms with Gasteiger partial charge in [-0.15, -0.1) is 0 Å². The zero-order valence-corrected chi connectivity index (χ0v) is 17.9. The molecular formula is C24H23ClO4S. The van der Waals surface area contributed by atoms with Crippen LogP contribution in [0.1, 0.15) is 18.4 Å². The number of hydrogen-bond donors (Lipinski definition) is 1. The number of carboxylic acid groups (broad SMARTS) is 1. The van der Waals surface area contributed by atoms with E-state index in [-0.39, 0.29) is 4.90 Å². The second-order valence-corrected chi connectivity index (χ2v) is 9.70. The number of carboxylic acids is 1. The first kappa shape index (κ1) is 22.1. The number of carbonyl (C=O) groups is 1. The van der Waals surface area contributed by atoms with Crippen molar-refractivity contribution in [3.05, 3.63) is 89.4 Å². The van der Waals surface area contributed by atoms with Crippen LogP contribution in [0.4, 0.5) is 0 Å². The fraction of sp³-hybridized carbons (Fsp3) is 0.208. The zero-order valence-electron chi connectivity index (χ0n) is 16.4. The van der Waals surface area contributed by atoms with Crippen molar-refractivity contribution in [2.75, 3.05) is 5.75 Å². The first-order chi connectivity index (χ1) is 14.3. The summed E-state index contributed by atoms with van der Waals surface area (Å²) in [5, 5.41) is 10.2. The van der Waals surface area contributed by atoms with Crippen LogP contribution < -0.4 is 0 Å². The lowest BCUT2D eigenvalue weighted by atomic mass is 10.0. The summed E-state index contributed by atoms with van der Waals surface area (Å²) in [5.74, 6) is -2.42. The van der Waals surface area contributed by atoms with Crippen LogP contribution in [-0.4, -0.2) is 25.2 Å². The molecule has 1 unspecified atom stereocenters. The first-order valence-corrected chi connectivity index (χ1v) is 11.7. The molecule has 3 aromatic carbocycles. The second-order valence-electron chi connectivity index (χ2n) is 7.23. The topological polar surface area (TPSA) is 71.4 Å². The minimum absolute atomic E-state index is 0.134. The molecule has 0 saturated heterocycles. The summed E-state index contributed by atoms with van der Waals surface area (Å²) in [6, 6.07) is 23.5. The second kappa shape index (κ2) is 9.92. The monoisotopic (exact) mass is 442 g/mol. The maximum atomic E-state index is 12.8. The van der Waals surface area contributed by atoms with Crippen molar-refractivity contribution >= 4 is 27.4 Å². The van der Waals surface area contributed by atoms with E-state index in [0.717, 1.165) is 23.1 Å². The molecule has 0 bridgehead atoms. The number of hydrogen-bond acceptors (Lipinski definition) is 3. The summed E-state index contributed by atoms with van der Waals surface area (Å²) in [6.45, 7) is 0. The first-order valence-electron chi connectivity index (χ1n) is 9.70. The van der Waals surface area contributed by atoms with Gasteiger partial charge in [-0.2, -0.15) is 0 Å². The maximum Gasteiger partial charge on any atom is 0.307 e. The molecule has 0 heterocycles. The Morgan fingerprint density at radius 1 is 0.867 bits per heavy atom. The predicted octanol–water partition coefficient (Wildman–Crippen LogP) is 5.50. The lowest BCUT2D eigenvalue weighted by Crippen LogP contribution is -2.24. The molecule has 3 aromatic rings. The molecule has 156 valence electrons. The Labute approximate surface area is 182 Å². The van der Waals surface area contributed by atoms with Gasteiger partial charge in [0.15, 0.2) is 9.84 Å². The summed E-state index contributed by atoms with van der Waals surface area (Å²) < 4.78 is 25.6. The standard InChI is InChI=1S/C24H23ClO4S/c25-22-13-9-19(10-14-22)20-11-15-23(16-12-20)30(28,29)17-21(24(26)27)8-4-7-18-5-2-1-3-6-18/h1-3,5-6,9-16,21H,4,7-8,17H2,(H,26,27). The Hall–Kier alpha value is -2.63. The van der Waals surface area contributed by atoms with E-state index in [1.54, 1.807) is 24.3 Å². The highest BCUT2D eigenvalue weighted by molar-refractivity contribution is 7.91. The molecule has 6 heteroatoms. The highest BCUT2D eigenvalue weighted by Crippen LogP contribution is 2.25. The third-order valence-electron chi connectivity index (χ3n) is 5.02. The normalized spacial score (nSPS) is 12.4. The van der Waals surface area contributed by atoms with Gasteiger partial charge in [0, 0.05) is 5.02 Å². The van der Waals surface area contributed by atoms with Gasteiger partial charge in [0.05, 0.1) is 16.6 Å². The Balaban J connectivity index is 1.66. The van der Waals surface area contributed by atoms with E-state index in [2.05, 4.69) is 0 Å². The average Bonchev–Trinajstić information content (AvgIpc) is 2.74. The van der Waals surface area contributed by atoms with Crippen LogP contribution in [-0.2, 0) is 21.1 Å². The van der Waals surface area contributed by atoms with Crippen LogP contribution in [0.2, 0.25) is 5.02 Å². The minimum Gasteiger partial charge on any atom is -0.481 e. The van der Waals surface area contributed by atoms with Crippen molar-refractivity contribution in [3.63, 3.8) is 0 Å². The summed E-state index contributed by atoms with van der Waals surface area (Å²) >= 11 is 5.90. The smallest absolute Gasteiger partial charge is 0.307 e. The molecule has 0 aliphatic heterocycles. The maximum absolute atomic E-state index is 12.8. The van der Waals surface area contributed by atoms with E-state index < -0.39 is 27.5 Å². The number of rotatable bonds is 9. The van der Waals surface area contributed by atoms with Crippen LogP contribution in [0.15, 0.2) is 83.8 Å². The molecule has 0 fully saturated rings. The van der Waals surface area contributed by atoms with Crippen LogP contribution in [0, 0.1) is 5.92 Å². The van der Waals surface area contributed by atoms with Gasteiger partial charge >= 0.3 is 5.97 Å². The van der Waals surface area contributed by atoms with Gasteiger partial charge in [0.25, 0.3) is 0 Å². The van der Waals surface area contributed by atoms with Crippen LogP contribution in [0.3, 0.4) is 0 Å². The Morgan fingerprint density at radius 3 is 2.00 bits per heavy atom. The molecule has 0 spiro atoms. The summed E-state index contributed by atoms with van der Waals surface area (Å²) in [5.41, 5.74) is 2.90. The van der Waals surface area contributed by atoms with E-state index in [9.17, 15) is 18.3 Å². The van der Waals surface area contributed by atoms with Gasteiger partial charge in [0.1, 0.15) is 0 Å². The van der Waals surface area contributed by atoms with Crippen LogP contribution >= 0.6 is 11.6 Å². The van der Waals surface area contributed by atoms with Gasteiger partial charge in [0.2, 0.25) is 0 Å². The van der Waals surface area contributed by atoms with Crippen molar-refractivity contribution < 1.29 is 18.3 Å². The number of benzene rings is 3. The fourth-order valence-electron chi connectivity index (χ4n) is 3.33. The van der Waals surface area contributed by atoms with Crippen molar-refractivity contribution in [1.82, 2.24) is 0 Å². The van der Waals surface area contributed by atoms with Crippen molar-refractivity contribution in [1.29, 1.82) is 0 Å². The molecule has 0 aliphatic carbocycles. The average molecular weight is 443 g/mol. The number of sulfone groups is 1. The van der Waals surface area contributed by atoms with Crippen molar-refractivity contribution in [2.45, 2.75) is 24.2 Å². The Kier molecular flexibility index (Phi) is 7.29. The van der Waals surface area contributed by atoms with Crippen LogP contribution in [0.5, 0.6) is 0 Å². The van der Waals surface area contributed by atoms with Gasteiger partial charge in [-0.25, -0.2) is 8.42 Å². The molecule has 1 atom stereocenters. The molecule has 4 nitrogen and oxygen atoms in total. The number of halogens is 1. The van der Waals surface area contributed by atoms with Gasteiger partial charge in [-0.1, -0.05) is 66.2 Å². The van der Waals surface area contributed by atoms with E-state index in [1.807, 2.05) is 42.5 Å². The molecule has 0 radical (unpaired) electrons. The molecule has 0 saturated carbocycles. The van der Waals surface area contributed by atoms with E-state index >= 15 is 0 Å². The van der Waals surface area contributed by atoms with E-state index in [0.29, 0.717) is 17.9 Å². The summed E-state index contributed by atoms with van der Waals surface area (Å²) in [6.07, 6.45) is 1.65. The highest BCUT2D eigenvalue weighted by atomic mass is 35.5. The summed E-state index contributed by atoms with van der Waals surface area (Å²) in [4.78, 5) is 11.8. The lowest BCUT2D eigenvalue weighted by molar-refractivity contribution is -0.141. The fourth-order valence-corrected chi connectivity index (χ4v) is 5.04. The SMILES string of the molecule is O=C(O)C(CCCc1ccccc1)CS(=O)(=O)c1ccc(-c2ccc(Cl)cc2)cc1. The predicted molar refractivity (Wildman–Crippen MR) is 119 cm³/mol. The minimum atomic E-state index is -3.71. The number of aryl methyl sites for hydroxylation is 1. The third-order valence-corrected chi connectivity index (χ3v) is 7.11. The largest absolute Gasteiger partial charge is 0.481 e. The molecule has 0 amide bonds. The van der Waals surface area contributed by atoms with Crippen molar-refractivity contribution in [3.8, 4) is 11.1 Å². The third kappa shape index (κ3) is 5.94. The van der Waals surface area contributed by atoms with Gasteiger partial charge in [-0.3, -0.25) is 4.79 Å². The highest BCUT2D eigenvalue weighted by Gasteiger charge is 2.26. The van der Waals surface area contributed by atoms with Gasteiger partial charge < -0.3 is 5.11 Å².